The molecule has 0 fully saturated rings. The summed E-state index contributed by atoms with van der Waals surface area (Å²) in [6, 6.07) is 13.6. The first-order chi connectivity index (χ1) is 11.6. The standard InChI is InChI=1S/C20H20N2O2/c1-13-9-10-14(2)20(15(13)3)24-12-18(23)22-17-8-4-6-16-7-5-11-21-19(16)17/h4-11H,12H2,1-3H3,(H,22,23). The zero-order chi connectivity index (χ0) is 17.1. The lowest BCUT2D eigenvalue weighted by atomic mass is 10.1. The van der Waals surface area contributed by atoms with Gasteiger partial charge in [0.25, 0.3) is 5.91 Å². The lowest BCUT2D eigenvalue weighted by molar-refractivity contribution is -0.118. The summed E-state index contributed by atoms with van der Waals surface area (Å²) in [5.41, 5.74) is 4.71. The molecule has 122 valence electrons. The molecule has 4 nitrogen and oxygen atoms in total. The van der Waals surface area contributed by atoms with E-state index in [1.54, 1.807) is 6.20 Å². The number of aromatic nitrogens is 1. The molecule has 0 saturated heterocycles. The molecule has 0 bridgehead atoms. The average molecular weight is 320 g/mol. The highest BCUT2D eigenvalue weighted by atomic mass is 16.5. The Bertz CT molecular complexity index is 898. The molecule has 24 heavy (non-hydrogen) atoms. The molecule has 0 atom stereocenters. The van der Waals surface area contributed by atoms with Crippen molar-refractivity contribution in [3.8, 4) is 5.75 Å². The largest absolute Gasteiger partial charge is 0.483 e. The summed E-state index contributed by atoms with van der Waals surface area (Å²) in [7, 11) is 0. The van der Waals surface area contributed by atoms with Gasteiger partial charge in [0, 0.05) is 11.6 Å². The highest BCUT2D eigenvalue weighted by Gasteiger charge is 2.11. The number of para-hydroxylation sites is 1. The molecule has 0 unspecified atom stereocenters. The van der Waals surface area contributed by atoms with Gasteiger partial charge in [-0.2, -0.15) is 0 Å². The van der Waals surface area contributed by atoms with E-state index in [-0.39, 0.29) is 12.5 Å². The topological polar surface area (TPSA) is 51.2 Å². The molecular formula is C20H20N2O2. The van der Waals surface area contributed by atoms with Gasteiger partial charge in [0.05, 0.1) is 11.2 Å². The fraction of sp³-hybridized carbons (Fsp3) is 0.200. The molecule has 4 heteroatoms. The summed E-state index contributed by atoms with van der Waals surface area (Å²) < 4.78 is 5.76. The van der Waals surface area contributed by atoms with Gasteiger partial charge in [-0.05, 0) is 49.6 Å². The van der Waals surface area contributed by atoms with Gasteiger partial charge in [0.2, 0.25) is 0 Å². The van der Waals surface area contributed by atoms with E-state index < -0.39 is 0 Å². The molecule has 3 aromatic rings. The van der Waals surface area contributed by atoms with Crippen LogP contribution in [-0.4, -0.2) is 17.5 Å². The maximum Gasteiger partial charge on any atom is 0.262 e. The number of nitrogens with zero attached hydrogens (tertiary/aromatic N) is 1. The molecule has 0 spiro atoms. The van der Waals surface area contributed by atoms with Crippen molar-refractivity contribution in [3.05, 3.63) is 65.4 Å². The zero-order valence-corrected chi connectivity index (χ0v) is 14.1. The van der Waals surface area contributed by atoms with Gasteiger partial charge in [-0.3, -0.25) is 9.78 Å². The summed E-state index contributed by atoms with van der Waals surface area (Å²) in [5, 5.41) is 3.87. The Hall–Kier alpha value is -2.88. The summed E-state index contributed by atoms with van der Waals surface area (Å²) in [6.07, 6.45) is 1.72. The smallest absolute Gasteiger partial charge is 0.262 e. The molecule has 1 N–H and O–H groups in total. The maximum atomic E-state index is 12.3. The van der Waals surface area contributed by atoms with Crippen molar-refractivity contribution >= 4 is 22.5 Å². The number of aryl methyl sites for hydroxylation is 2. The van der Waals surface area contributed by atoms with E-state index in [0.717, 1.165) is 33.3 Å². The second-order valence-corrected chi connectivity index (χ2v) is 5.87. The second-order valence-electron chi connectivity index (χ2n) is 5.87. The molecule has 0 saturated carbocycles. The number of hydrogen-bond donors (Lipinski definition) is 1. The molecular weight excluding hydrogens is 300 g/mol. The van der Waals surface area contributed by atoms with Crippen molar-refractivity contribution in [3.63, 3.8) is 0 Å². The Morgan fingerprint density at radius 3 is 2.62 bits per heavy atom. The number of rotatable bonds is 4. The third kappa shape index (κ3) is 3.23. The van der Waals surface area contributed by atoms with Crippen LogP contribution in [0.3, 0.4) is 0 Å². The summed E-state index contributed by atoms with van der Waals surface area (Å²) in [5.74, 6) is 0.578. The van der Waals surface area contributed by atoms with Crippen LogP contribution in [0.25, 0.3) is 10.9 Å². The fourth-order valence-electron chi connectivity index (χ4n) is 2.68. The molecule has 1 amide bonds. The summed E-state index contributed by atoms with van der Waals surface area (Å²) >= 11 is 0. The van der Waals surface area contributed by atoms with Crippen LogP contribution in [0.5, 0.6) is 5.75 Å². The molecule has 0 aliphatic carbocycles. The summed E-state index contributed by atoms with van der Waals surface area (Å²) in [4.78, 5) is 16.6. The first-order valence-corrected chi connectivity index (χ1v) is 7.89. The normalized spacial score (nSPS) is 10.6. The van der Waals surface area contributed by atoms with Crippen molar-refractivity contribution in [2.45, 2.75) is 20.8 Å². The first kappa shape index (κ1) is 16.0. The third-order valence-electron chi connectivity index (χ3n) is 4.13. The van der Waals surface area contributed by atoms with Crippen LogP contribution in [0.15, 0.2) is 48.7 Å². The van der Waals surface area contributed by atoms with Gasteiger partial charge in [0.1, 0.15) is 5.75 Å². The van der Waals surface area contributed by atoms with E-state index in [2.05, 4.69) is 16.4 Å². The zero-order valence-electron chi connectivity index (χ0n) is 14.1. The lowest BCUT2D eigenvalue weighted by Gasteiger charge is -2.14. The van der Waals surface area contributed by atoms with Crippen LogP contribution >= 0.6 is 0 Å². The van der Waals surface area contributed by atoms with Crippen molar-refractivity contribution < 1.29 is 9.53 Å². The highest BCUT2D eigenvalue weighted by molar-refractivity contribution is 6.00. The van der Waals surface area contributed by atoms with E-state index in [9.17, 15) is 4.79 Å². The van der Waals surface area contributed by atoms with Crippen molar-refractivity contribution in [2.24, 2.45) is 0 Å². The minimum absolute atomic E-state index is 0.0334. The predicted molar refractivity (Wildman–Crippen MR) is 96.5 cm³/mol. The van der Waals surface area contributed by atoms with Gasteiger partial charge in [-0.25, -0.2) is 0 Å². The van der Waals surface area contributed by atoms with Crippen molar-refractivity contribution in [1.82, 2.24) is 4.98 Å². The van der Waals surface area contributed by atoms with Crippen LogP contribution in [0.1, 0.15) is 16.7 Å². The van der Waals surface area contributed by atoms with Gasteiger partial charge < -0.3 is 10.1 Å². The Morgan fingerprint density at radius 1 is 1.04 bits per heavy atom. The molecule has 0 aliphatic heterocycles. The first-order valence-electron chi connectivity index (χ1n) is 7.89. The van der Waals surface area contributed by atoms with Crippen LogP contribution < -0.4 is 10.1 Å². The number of hydrogen-bond acceptors (Lipinski definition) is 3. The molecule has 1 aromatic heterocycles. The van der Waals surface area contributed by atoms with E-state index in [0.29, 0.717) is 5.69 Å². The van der Waals surface area contributed by atoms with Gasteiger partial charge >= 0.3 is 0 Å². The minimum atomic E-state index is -0.201. The molecule has 1 heterocycles. The van der Waals surface area contributed by atoms with E-state index in [4.69, 9.17) is 4.74 Å². The van der Waals surface area contributed by atoms with E-state index >= 15 is 0 Å². The third-order valence-corrected chi connectivity index (χ3v) is 4.13. The van der Waals surface area contributed by atoms with Gasteiger partial charge in [-0.15, -0.1) is 0 Å². The Labute approximate surface area is 141 Å². The number of pyridine rings is 1. The number of amides is 1. The SMILES string of the molecule is Cc1ccc(C)c(OCC(=O)Nc2cccc3cccnc23)c1C. The van der Waals surface area contributed by atoms with Gasteiger partial charge in [-0.1, -0.05) is 30.3 Å². The van der Waals surface area contributed by atoms with Crippen molar-refractivity contribution in [1.29, 1.82) is 0 Å². The van der Waals surface area contributed by atoms with E-state index in [1.807, 2.05) is 57.2 Å². The molecule has 2 aromatic carbocycles. The molecule has 0 aliphatic rings. The molecule has 3 rings (SSSR count). The number of carbonyl (C=O) groups excluding carboxylic acids is 1. The fourth-order valence-corrected chi connectivity index (χ4v) is 2.68. The summed E-state index contributed by atoms with van der Waals surface area (Å²) in [6.45, 7) is 5.98. The monoisotopic (exact) mass is 320 g/mol. The number of carbonyl (C=O) groups is 1. The Balaban J connectivity index is 1.74. The van der Waals surface area contributed by atoms with Gasteiger partial charge in [0.15, 0.2) is 6.61 Å². The minimum Gasteiger partial charge on any atom is -0.483 e. The average Bonchev–Trinajstić information content (AvgIpc) is 2.59. The Morgan fingerprint density at radius 2 is 1.79 bits per heavy atom. The van der Waals surface area contributed by atoms with E-state index in [1.165, 1.54) is 0 Å². The Kier molecular flexibility index (Phi) is 4.47. The lowest BCUT2D eigenvalue weighted by Crippen LogP contribution is -2.21. The van der Waals surface area contributed by atoms with Crippen molar-refractivity contribution in [2.75, 3.05) is 11.9 Å². The second kappa shape index (κ2) is 6.71. The predicted octanol–water partition coefficient (Wildman–Crippen LogP) is 4.18. The number of ether oxygens (including phenoxy) is 1. The maximum absolute atomic E-state index is 12.3. The number of fused-ring (bicyclic) bond motifs is 1. The molecule has 0 radical (unpaired) electrons. The quantitative estimate of drug-likeness (QED) is 0.784. The van der Waals surface area contributed by atoms with Crippen LogP contribution in [0, 0.1) is 20.8 Å². The number of anilines is 1. The number of benzene rings is 2. The van der Waals surface area contributed by atoms with Crippen LogP contribution in [0.4, 0.5) is 5.69 Å². The van der Waals surface area contributed by atoms with Crippen LogP contribution in [0.2, 0.25) is 0 Å². The number of nitrogens with one attached hydrogen (secondary N) is 1. The van der Waals surface area contributed by atoms with Crippen LogP contribution in [-0.2, 0) is 4.79 Å². The highest BCUT2D eigenvalue weighted by Crippen LogP contribution is 2.26.